The number of ether oxygens (including phenoxy) is 1. The molecule has 1 aliphatic heterocycles. The van der Waals surface area contributed by atoms with Gasteiger partial charge in [-0.05, 0) is 59.5 Å². The van der Waals surface area contributed by atoms with Crippen LogP contribution in [0.3, 0.4) is 0 Å². The van der Waals surface area contributed by atoms with Crippen LogP contribution in [0.25, 0.3) is 67.2 Å². The average Bonchev–Trinajstić information content (AvgIpc) is 3.11. The van der Waals surface area contributed by atoms with Gasteiger partial charge in [0.1, 0.15) is 11.4 Å². The smallest absolute Gasteiger partial charge is 0.164 e. The van der Waals surface area contributed by atoms with Crippen molar-refractivity contribution in [3.63, 3.8) is 0 Å². The quantitative estimate of drug-likeness (QED) is 0.203. The third-order valence-electron chi connectivity index (χ3n) is 8.60. The number of rotatable bonds is 4. The monoisotopic (exact) mass is 592 g/mol. The highest BCUT2D eigenvalue weighted by Crippen LogP contribution is 2.47. The molecule has 0 saturated heterocycles. The molecule has 5 nitrogen and oxygen atoms in total. The van der Waals surface area contributed by atoms with Crippen LogP contribution in [-0.2, 0) is 5.60 Å². The summed E-state index contributed by atoms with van der Waals surface area (Å²) in [6.07, 6.45) is 0. The molecule has 5 heteroatoms. The number of hydrogen-bond acceptors (Lipinski definition) is 5. The standard InChI is InChI=1S/C41H28N4O/c1-41(2)36-20-7-6-15-33(36)34-22-21-28(24-37(34)46-41)30-16-9-18-32-31(30)17-10-19-35(32)40-44-38(27-12-4-3-5-13-27)43-39(45-40)29-14-8-11-26(23-29)25-42/h3-24H,1-2H3. The Morgan fingerprint density at radius 1 is 0.522 bits per heavy atom. The van der Waals surface area contributed by atoms with Gasteiger partial charge in [0.05, 0.1) is 11.6 Å². The molecule has 0 saturated carbocycles. The summed E-state index contributed by atoms with van der Waals surface area (Å²) in [6, 6.07) is 47.1. The van der Waals surface area contributed by atoms with Gasteiger partial charge in [-0.1, -0.05) is 115 Å². The van der Waals surface area contributed by atoms with Crippen molar-refractivity contribution >= 4 is 10.8 Å². The van der Waals surface area contributed by atoms with Crippen molar-refractivity contribution in [2.24, 2.45) is 0 Å². The second kappa shape index (κ2) is 10.8. The van der Waals surface area contributed by atoms with Crippen LogP contribution in [-0.4, -0.2) is 15.0 Å². The van der Waals surface area contributed by atoms with Crippen LogP contribution in [0.4, 0.5) is 0 Å². The first-order valence-corrected chi connectivity index (χ1v) is 15.3. The zero-order valence-corrected chi connectivity index (χ0v) is 25.4. The Morgan fingerprint density at radius 3 is 1.96 bits per heavy atom. The molecule has 0 amide bonds. The minimum Gasteiger partial charge on any atom is -0.482 e. The summed E-state index contributed by atoms with van der Waals surface area (Å²) >= 11 is 0. The Kier molecular flexibility index (Phi) is 6.44. The van der Waals surface area contributed by atoms with E-state index in [1.54, 1.807) is 6.07 Å². The first-order chi connectivity index (χ1) is 22.5. The first-order valence-electron chi connectivity index (χ1n) is 15.3. The maximum Gasteiger partial charge on any atom is 0.164 e. The van der Waals surface area contributed by atoms with E-state index in [4.69, 9.17) is 19.7 Å². The van der Waals surface area contributed by atoms with Crippen LogP contribution in [0.15, 0.2) is 133 Å². The van der Waals surface area contributed by atoms with Crippen LogP contribution in [0.1, 0.15) is 25.0 Å². The molecule has 7 aromatic rings. The molecule has 0 atom stereocenters. The third-order valence-corrected chi connectivity index (χ3v) is 8.60. The summed E-state index contributed by atoms with van der Waals surface area (Å²) in [5.41, 5.74) is 8.35. The van der Waals surface area contributed by atoms with Gasteiger partial charge in [0.2, 0.25) is 0 Å². The Hall–Kier alpha value is -6.12. The molecule has 0 unspecified atom stereocenters. The average molecular weight is 593 g/mol. The van der Waals surface area contributed by atoms with Crippen LogP contribution < -0.4 is 4.74 Å². The molecule has 0 bridgehead atoms. The lowest BCUT2D eigenvalue weighted by atomic mass is 9.85. The van der Waals surface area contributed by atoms with Crippen LogP contribution in [0.2, 0.25) is 0 Å². The first kappa shape index (κ1) is 27.4. The lowest BCUT2D eigenvalue weighted by molar-refractivity contribution is 0.106. The van der Waals surface area contributed by atoms with Gasteiger partial charge in [0.25, 0.3) is 0 Å². The summed E-state index contributed by atoms with van der Waals surface area (Å²) in [7, 11) is 0. The van der Waals surface area contributed by atoms with Gasteiger partial charge in [-0.3, -0.25) is 0 Å². The molecule has 46 heavy (non-hydrogen) atoms. The van der Waals surface area contributed by atoms with Crippen molar-refractivity contribution in [2.45, 2.75) is 19.4 Å². The molecule has 0 fully saturated rings. The van der Waals surface area contributed by atoms with Gasteiger partial charge >= 0.3 is 0 Å². The zero-order valence-electron chi connectivity index (χ0n) is 25.4. The van der Waals surface area contributed by atoms with Crippen molar-refractivity contribution < 1.29 is 4.74 Å². The highest BCUT2D eigenvalue weighted by Gasteiger charge is 2.32. The molecule has 1 aliphatic rings. The van der Waals surface area contributed by atoms with Gasteiger partial charge in [-0.2, -0.15) is 5.26 Å². The molecule has 0 aliphatic carbocycles. The minimum atomic E-state index is -0.437. The van der Waals surface area contributed by atoms with Crippen molar-refractivity contribution in [3.8, 4) is 68.2 Å². The second-order valence-electron chi connectivity index (χ2n) is 11.9. The second-order valence-corrected chi connectivity index (χ2v) is 11.9. The van der Waals surface area contributed by atoms with E-state index in [0.717, 1.165) is 49.9 Å². The van der Waals surface area contributed by atoms with Crippen LogP contribution >= 0.6 is 0 Å². The van der Waals surface area contributed by atoms with Crippen LogP contribution in [0.5, 0.6) is 5.75 Å². The molecule has 2 heterocycles. The topological polar surface area (TPSA) is 71.7 Å². The minimum absolute atomic E-state index is 0.437. The normalized spacial score (nSPS) is 12.9. The number of benzene rings is 6. The van der Waals surface area contributed by atoms with Crippen molar-refractivity contribution in [3.05, 3.63) is 145 Å². The van der Waals surface area contributed by atoms with E-state index >= 15 is 0 Å². The summed E-state index contributed by atoms with van der Waals surface area (Å²) in [6.45, 7) is 4.24. The fraction of sp³-hybridized carbons (Fsp3) is 0.0732. The molecule has 1 aromatic heterocycles. The van der Waals surface area contributed by atoms with E-state index in [1.807, 2.05) is 48.5 Å². The Bertz CT molecular complexity index is 2340. The number of aromatic nitrogens is 3. The van der Waals surface area contributed by atoms with Crippen LogP contribution in [0, 0.1) is 11.3 Å². The lowest BCUT2D eigenvalue weighted by Crippen LogP contribution is -2.29. The number of fused-ring (bicyclic) bond motifs is 4. The van der Waals surface area contributed by atoms with Gasteiger partial charge in [0.15, 0.2) is 17.5 Å². The SMILES string of the molecule is CC1(C)Oc2cc(-c3cccc4c(-c5nc(-c6ccccc6)nc(-c6cccc(C#N)c6)n5)cccc34)ccc2-c2ccccc21. The molecule has 0 radical (unpaired) electrons. The molecule has 8 rings (SSSR count). The highest BCUT2D eigenvalue weighted by atomic mass is 16.5. The fourth-order valence-electron chi connectivity index (χ4n) is 6.40. The number of hydrogen-bond donors (Lipinski definition) is 0. The van der Waals surface area contributed by atoms with E-state index in [9.17, 15) is 5.26 Å². The highest BCUT2D eigenvalue weighted by molar-refractivity contribution is 6.04. The predicted octanol–water partition coefficient (Wildman–Crippen LogP) is 9.86. The summed E-state index contributed by atoms with van der Waals surface area (Å²) in [4.78, 5) is 14.8. The van der Waals surface area contributed by atoms with Gasteiger partial charge in [-0.25, -0.2) is 15.0 Å². The van der Waals surface area contributed by atoms with Gasteiger partial charge in [0, 0.05) is 27.8 Å². The Balaban J connectivity index is 1.29. The van der Waals surface area contributed by atoms with E-state index in [-0.39, 0.29) is 0 Å². The Morgan fingerprint density at radius 2 is 1.15 bits per heavy atom. The fourth-order valence-corrected chi connectivity index (χ4v) is 6.40. The van der Waals surface area contributed by atoms with Crippen molar-refractivity contribution in [1.82, 2.24) is 15.0 Å². The molecular weight excluding hydrogens is 564 g/mol. The van der Waals surface area contributed by atoms with E-state index in [0.29, 0.717) is 23.0 Å². The maximum absolute atomic E-state index is 9.54. The summed E-state index contributed by atoms with van der Waals surface area (Å²) in [5, 5.41) is 11.7. The zero-order chi connectivity index (χ0) is 31.3. The molecular formula is C41H28N4O. The predicted molar refractivity (Wildman–Crippen MR) is 183 cm³/mol. The maximum atomic E-state index is 9.54. The molecule has 218 valence electrons. The van der Waals surface area contributed by atoms with Gasteiger partial charge < -0.3 is 4.74 Å². The third kappa shape index (κ3) is 4.68. The van der Waals surface area contributed by atoms with Crippen molar-refractivity contribution in [1.29, 1.82) is 5.26 Å². The molecule has 6 aromatic carbocycles. The Labute approximate surface area is 267 Å². The summed E-state index contributed by atoms with van der Waals surface area (Å²) in [5.74, 6) is 2.54. The van der Waals surface area contributed by atoms with Gasteiger partial charge in [-0.15, -0.1) is 0 Å². The van der Waals surface area contributed by atoms with Crippen molar-refractivity contribution in [2.75, 3.05) is 0 Å². The van der Waals surface area contributed by atoms with E-state index in [2.05, 4.69) is 98.8 Å². The largest absolute Gasteiger partial charge is 0.482 e. The summed E-state index contributed by atoms with van der Waals surface area (Å²) < 4.78 is 6.59. The number of nitrogens with zero attached hydrogens (tertiary/aromatic N) is 4. The lowest BCUT2D eigenvalue weighted by Gasteiger charge is -2.35. The molecule has 0 spiro atoms. The van der Waals surface area contributed by atoms with E-state index < -0.39 is 5.60 Å². The number of nitriles is 1. The van der Waals surface area contributed by atoms with E-state index in [1.165, 1.54) is 11.1 Å². The molecule has 0 N–H and O–H groups in total.